The molecule has 0 saturated carbocycles. The molecule has 0 saturated heterocycles. The number of ether oxygens (including phenoxy) is 1. The van der Waals surface area contributed by atoms with Crippen molar-refractivity contribution in [2.45, 2.75) is 45.5 Å². The van der Waals surface area contributed by atoms with E-state index in [1.165, 1.54) is 18.3 Å². The van der Waals surface area contributed by atoms with Gasteiger partial charge in [0.05, 0.1) is 5.69 Å². The molecule has 3 aromatic rings. The summed E-state index contributed by atoms with van der Waals surface area (Å²) in [7, 11) is 1.18. The summed E-state index contributed by atoms with van der Waals surface area (Å²) in [4.78, 5) is 23.0. The first-order valence-electron chi connectivity index (χ1n) is 11.2. The summed E-state index contributed by atoms with van der Waals surface area (Å²) in [6.07, 6.45) is -1.73. The minimum absolute atomic E-state index is 0.160. The van der Waals surface area contributed by atoms with Crippen molar-refractivity contribution in [3.63, 3.8) is 0 Å². The number of hydrogen-bond donors (Lipinski definition) is 2. The molecule has 0 unspecified atom stereocenters. The van der Waals surface area contributed by atoms with Crippen molar-refractivity contribution in [1.29, 1.82) is 0 Å². The van der Waals surface area contributed by atoms with E-state index < -0.39 is 17.9 Å². The van der Waals surface area contributed by atoms with Gasteiger partial charge in [-0.3, -0.25) is 14.9 Å². The van der Waals surface area contributed by atoms with Crippen LogP contribution in [0.15, 0.2) is 24.5 Å². The maximum absolute atomic E-state index is 13.0. The molecule has 2 aliphatic heterocycles. The molecule has 2 amide bonds. The van der Waals surface area contributed by atoms with E-state index in [1.54, 1.807) is 12.1 Å². The number of fused-ring (bicyclic) bond motifs is 2. The fourth-order valence-electron chi connectivity index (χ4n) is 4.55. The number of urea groups is 1. The van der Waals surface area contributed by atoms with Gasteiger partial charge in [-0.15, -0.1) is 0 Å². The van der Waals surface area contributed by atoms with Crippen LogP contribution in [0.4, 0.5) is 29.5 Å². The Balaban J connectivity index is 1.36. The van der Waals surface area contributed by atoms with E-state index in [0.717, 1.165) is 34.9 Å². The second-order valence-electron chi connectivity index (χ2n) is 8.75. The molecule has 1 atom stereocenters. The molecule has 0 radical (unpaired) electrons. The third kappa shape index (κ3) is 4.29. The van der Waals surface area contributed by atoms with E-state index in [0.29, 0.717) is 41.5 Å². The van der Waals surface area contributed by atoms with Crippen LogP contribution in [-0.2, 0) is 32.6 Å². The number of anilines is 2. The fourth-order valence-corrected chi connectivity index (χ4v) is 4.55. The molecule has 2 aliphatic rings. The predicted molar refractivity (Wildman–Crippen MR) is 122 cm³/mol. The van der Waals surface area contributed by atoms with Crippen LogP contribution < -0.4 is 20.3 Å². The van der Waals surface area contributed by atoms with Gasteiger partial charge in [-0.2, -0.15) is 18.3 Å². The quantitative estimate of drug-likeness (QED) is 0.581. The maximum Gasteiger partial charge on any atom is 0.433 e. The van der Waals surface area contributed by atoms with Crippen molar-refractivity contribution in [3.8, 4) is 11.6 Å². The standard InChI is InChI=1S/C23H24F3N7O2/c1-12-8-15-16(10-27-12)28-11-29-21(15)35-18-5-4-17-14(13(18)2)6-7-33(17)22(34)30-20-9-19(23(24,25)26)32(3)31-20/h4-5,9,11-12,27H,6-8,10H2,1-3H3,(H,30,31,34)/t12-/m0/s1. The first-order chi connectivity index (χ1) is 16.6. The smallest absolute Gasteiger partial charge is 0.433 e. The summed E-state index contributed by atoms with van der Waals surface area (Å²) >= 11 is 0. The van der Waals surface area contributed by atoms with Gasteiger partial charge in [-0.1, -0.05) is 0 Å². The number of nitrogens with zero attached hydrogens (tertiary/aromatic N) is 5. The predicted octanol–water partition coefficient (Wildman–Crippen LogP) is 3.96. The molecule has 2 aromatic heterocycles. The Morgan fingerprint density at radius 2 is 2.06 bits per heavy atom. The van der Waals surface area contributed by atoms with E-state index in [1.807, 2.05) is 6.92 Å². The zero-order valence-electron chi connectivity index (χ0n) is 19.4. The number of carbonyl (C=O) groups is 1. The van der Waals surface area contributed by atoms with Gasteiger partial charge in [0, 0.05) is 43.5 Å². The van der Waals surface area contributed by atoms with Gasteiger partial charge in [0.15, 0.2) is 5.82 Å². The zero-order valence-corrected chi connectivity index (χ0v) is 19.4. The maximum atomic E-state index is 13.0. The minimum Gasteiger partial charge on any atom is -0.438 e. The van der Waals surface area contributed by atoms with Crippen molar-refractivity contribution in [2.75, 3.05) is 16.8 Å². The number of alkyl halides is 3. The number of nitrogens with one attached hydrogen (secondary N) is 2. The molecule has 35 heavy (non-hydrogen) atoms. The largest absolute Gasteiger partial charge is 0.438 e. The number of amides is 2. The number of halogens is 3. The lowest BCUT2D eigenvalue weighted by Crippen LogP contribution is -2.33. The van der Waals surface area contributed by atoms with Gasteiger partial charge in [0.2, 0.25) is 5.88 Å². The Morgan fingerprint density at radius 1 is 1.26 bits per heavy atom. The monoisotopic (exact) mass is 487 g/mol. The molecule has 0 aliphatic carbocycles. The number of carbonyl (C=O) groups excluding carboxylic acids is 1. The highest BCUT2D eigenvalue weighted by molar-refractivity contribution is 6.03. The summed E-state index contributed by atoms with van der Waals surface area (Å²) in [5, 5.41) is 9.60. The molecule has 0 spiro atoms. The lowest BCUT2D eigenvalue weighted by atomic mass is 10.0. The first-order valence-corrected chi connectivity index (χ1v) is 11.2. The lowest BCUT2D eigenvalue weighted by Gasteiger charge is -2.24. The lowest BCUT2D eigenvalue weighted by molar-refractivity contribution is -0.143. The molecule has 0 bridgehead atoms. The summed E-state index contributed by atoms with van der Waals surface area (Å²) < 4.78 is 46.0. The molecule has 4 heterocycles. The van der Waals surface area contributed by atoms with Crippen LogP contribution in [-0.4, -0.2) is 38.4 Å². The van der Waals surface area contributed by atoms with Crippen molar-refractivity contribution < 1.29 is 22.7 Å². The number of benzene rings is 1. The van der Waals surface area contributed by atoms with Crippen LogP contribution in [0.5, 0.6) is 11.6 Å². The van der Waals surface area contributed by atoms with Crippen LogP contribution in [0.1, 0.15) is 35.0 Å². The number of aryl methyl sites for hydroxylation is 1. The molecular formula is C23H24F3N7O2. The fraction of sp³-hybridized carbons (Fsp3) is 0.391. The summed E-state index contributed by atoms with van der Waals surface area (Å²) in [6, 6.07) is 4.11. The van der Waals surface area contributed by atoms with Gasteiger partial charge in [-0.25, -0.2) is 14.8 Å². The van der Waals surface area contributed by atoms with Crippen molar-refractivity contribution in [1.82, 2.24) is 25.1 Å². The van der Waals surface area contributed by atoms with Crippen LogP contribution in [0, 0.1) is 6.92 Å². The number of hydrogen-bond acceptors (Lipinski definition) is 6. The highest BCUT2D eigenvalue weighted by atomic mass is 19.4. The number of rotatable bonds is 3. The van der Waals surface area contributed by atoms with Gasteiger partial charge in [-0.05, 0) is 49.9 Å². The Kier molecular flexibility index (Phi) is 5.62. The summed E-state index contributed by atoms with van der Waals surface area (Å²) in [5.74, 6) is 0.999. The Hall–Kier alpha value is -3.67. The highest BCUT2D eigenvalue weighted by Crippen LogP contribution is 2.38. The van der Waals surface area contributed by atoms with Crippen LogP contribution in [0.3, 0.4) is 0 Å². The zero-order chi connectivity index (χ0) is 24.9. The molecule has 2 N–H and O–H groups in total. The second kappa shape index (κ2) is 8.52. The van der Waals surface area contributed by atoms with Crippen LogP contribution >= 0.6 is 0 Å². The average Bonchev–Trinajstić information content (AvgIpc) is 3.39. The summed E-state index contributed by atoms with van der Waals surface area (Å²) in [5.41, 5.74) is 3.45. The minimum atomic E-state index is -4.56. The van der Waals surface area contributed by atoms with Crippen molar-refractivity contribution in [2.24, 2.45) is 7.05 Å². The van der Waals surface area contributed by atoms with E-state index in [9.17, 15) is 18.0 Å². The van der Waals surface area contributed by atoms with Gasteiger partial charge in [0.25, 0.3) is 0 Å². The molecule has 9 nitrogen and oxygen atoms in total. The molecule has 5 rings (SSSR count). The Morgan fingerprint density at radius 3 is 2.80 bits per heavy atom. The van der Waals surface area contributed by atoms with Crippen LogP contribution in [0.25, 0.3) is 0 Å². The first kappa shape index (κ1) is 23.1. The second-order valence-corrected chi connectivity index (χ2v) is 8.75. The summed E-state index contributed by atoms with van der Waals surface area (Å²) in [6.45, 7) is 5.05. The Labute approximate surface area is 199 Å². The Bertz CT molecular complexity index is 1300. The van der Waals surface area contributed by atoms with E-state index in [-0.39, 0.29) is 11.9 Å². The SMILES string of the molecule is Cc1c(Oc2ncnc3c2C[C@H](C)NC3)ccc2c1CCN2C(=O)Nc1cc(C(F)(F)F)n(C)n1. The topological polar surface area (TPSA) is 97.2 Å². The van der Waals surface area contributed by atoms with Gasteiger partial charge in [0.1, 0.15) is 17.8 Å². The highest BCUT2D eigenvalue weighted by Gasteiger charge is 2.36. The van der Waals surface area contributed by atoms with E-state index in [2.05, 4.69) is 32.6 Å². The molecule has 12 heteroatoms. The average molecular weight is 487 g/mol. The van der Waals surface area contributed by atoms with Gasteiger partial charge >= 0.3 is 12.2 Å². The third-order valence-corrected chi connectivity index (χ3v) is 6.38. The van der Waals surface area contributed by atoms with E-state index >= 15 is 0 Å². The van der Waals surface area contributed by atoms with Gasteiger partial charge < -0.3 is 10.1 Å². The van der Waals surface area contributed by atoms with Crippen LogP contribution in [0.2, 0.25) is 0 Å². The number of aromatic nitrogens is 4. The molecular weight excluding hydrogens is 463 g/mol. The van der Waals surface area contributed by atoms with Crippen molar-refractivity contribution >= 4 is 17.5 Å². The molecule has 184 valence electrons. The molecule has 1 aromatic carbocycles. The molecule has 0 fully saturated rings. The normalized spacial score (nSPS) is 17.2. The third-order valence-electron chi connectivity index (χ3n) is 6.38. The van der Waals surface area contributed by atoms with Crippen molar-refractivity contribution in [3.05, 3.63) is 52.6 Å². The van der Waals surface area contributed by atoms with E-state index in [4.69, 9.17) is 4.74 Å².